The van der Waals surface area contributed by atoms with Crippen LogP contribution in [0.15, 0.2) is 18.2 Å². The Morgan fingerprint density at radius 2 is 2.12 bits per heavy atom. The average molecular weight is 359 g/mol. The second kappa shape index (κ2) is 7.58. The highest BCUT2D eigenvalue weighted by Gasteiger charge is 2.39. The third kappa shape index (κ3) is 3.51. The molecule has 6 heteroatoms. The van der Waals surface area contributed by atoms with Crippen molar-refractivity contribution in [3.63, 3.8) is 0 Å². The first kappa shape index (κ1) is 18.6. The Morgan fingerprint density at radius 3 is 2.81 bits per heavy atom. The molecule has 1 N–H and O–H groups in total. The largest absolute Gasteiger partial charge is 0.466 e. The second-order valence-corrected chi connectivity index (χ2v) is 7.45. The Morgan fingerprint density at radius 1 is 1.35 bits per heavy atom. The number of hydrogen-bond acceptors (Lipinski definition) is 4. The number of amides is 1. The zero-order chi connectivity index (χ0) is 18.8. The molecular weight excluding hydrogens is 332 g/mol. The fourth-order valence-corrected chi connectivity index (χ4v) is 3.81. The van der Waals surface area contributed by atoms with Crippen molar-refractivity contribution in [2.24, 2.45) is 5.92 Å². The predicted octanol–water partition coefficient (Wildman–Crippen LogP) is 1.15. The molecule has 1 amide bonds. The summed E-state index contributed by atoms with van der Waals surface area (Å²) >= 11 is 0. The minimum absolute atomic E-state index is 0.130. The van der Waals surface area contributed by atoms with E-state index in [1.165, 1.54) is 0 Å². The first-order valence-electron chi connectivity index (χ1n) is 9.42. The molecule has 0 aromatic heterocycles. The Hall–Kier alpha value is -2.21. The molecule has 140 valence electrons. The Kier molecular flexibility index (Phi) is 5.41. The van der Waals surface area contributed by atoms with E-state index in [2.05, 4.69) is 13.8 Å². The average Bonchev–Trinajstić information content (AvgIpc) is 2.86. The van der Waals surface area contributed by atoms with Gasteiger partial charge in [0, 0.05) is 0 Å². The van der Waals surface area contributed by atoms with Gasteiger partial charge in [-0.3, -0.25) is 19.3 Å². The van der Waals surface area contributed by atoms with Crippen molar-refractivity contribution in [3.8, 4) is 0 Å². The van der Waals surface area contributed by atoms with Gasteiger partial charge < -0.3 is 9.64 Å². The zero-order valence-corrected chi connectivity index (χ0v) is 15.7. The maximum atomic E-state index is 12.5. The van der Waals surface area contributed by atoms with Crippen LogP contribution in [-0.4, -0.2) is 44.0 Å². The summed E-state index contributed by atoms with van der Waals surface area (Å²) in [5.74, 6) is -0.881. The molecule has 0 spiro atoms. The van der Waals surface area contributed by atoms with Gasteiger partial charge in [0.2, 0.25) is 0 Å². The lowest BCUT2D eigenvalue weighted by Crippen LogP contribution is -3.15. The van der Waals surface area contributed by atoms with Gasteiger partial charge in [0.25, 0.3) is 5.78 Å². The third-order valence-electron chi connectivity index (χ3n) is 5.28. The molecule has 1 aromatic rings. The van der Waals surface area contributed by atoms with Crippen molar-refractivity contribution in [2.45, 2.75) is 39.5 Å². The minimum atomic E-state index is -0.466. The molecule has 2 heterocycles. The Balaban J connectivity index is 1.75. The van der Waals surface area contributed by atoms with Crippen molar-refractivity contribution in [2.75, 3.05) is 31.3 Å². The van der Waals surface area contributed by atoms with Crippen LogP contribution < -0.4 is 9.80 Å². The van der Waals surface area contributed by atoms with E-state index < -0.39 is 11.7 Å². The van der Waals surface area contributed by atoms with Crippen LogP contribution in [0.1, 0.15) is 55.5 Å². The molecule has 0 radical (unpaired) electrons. The van der Waals surface area contributed by atoms with Gasteiger partial charge in [0.1, 0.15) is 5.92 Å². The normalized spacial score (nSPS) is 22.7. The molecule has 2 aliphatic rings. The molecule has 6 nitrogen and oxygen atoms in total. The SMILES string of the molecule is CCOC(=O)[C@H]1CCC[NH+](CN2C(=O)C(=O)c3cc(C(C)C)ccc32)C1. The van der Waals surface area contributed by atoms with Gasteiger partial charge >= 0.3 is 11.9 Å². The second-order valence-electron chi connectivity index (χ2n) is 7.45. The number of Topliss-reactive ketones (excluding diaryl/α,β-unsaturated/α-hetero) is 1. The van der Waals surface area contributed by atoms with Gasteiger partial charge in [-0.05, 0) is 43.4 Å². The van der Waals surface area contributed by atoms with E-state index in [0.717, 1.165) is 29.8 Å². The quantitative estimate of drug-likeness (QED) is 0.633. The summed E-state index contributed by atoms with van der Waals surface area (Å²) in [5, 5.41) is 0. The summed E-state index contributed by atoms with van der Waals surface area (Å²) in [4.78, 5) is 39.6. The van der Waals surface area contributed by atoms with Gasteiger partial charge in [-0.1, -0.05) is 19.9 Å². The number of benzene rings is 1. The minimum Gasteiger partial charge on any atom is -0.466 e. The van der Waals surface area contributed by atoms with Crippen LogP contribution in [-0.2, 0) is 14.3 Å². The number of quaternary nitrogens is 1. The number of likely N-dealkylation sites (tertiary alicyclic amines) is 1. The van der Waals surface area contributed by atoms with Crippen LogP contribution in [0.25, 0.3) is 0 Å². The lowest BCUT2D eigenvalue weighted by Gasteiger charge is -2.31. The first-order valence-corrected chi connectivity index (χ1v) is 9.42. The maximum absolute atomic E-state index is 12.5. The first-order chi connectivity index (χ1) is 12.4. The lowest BCUT2D eigenvalue weighted by molar-refractivity contribution is -0.906. The number of rotatable bonds is 5. The monoisotopic (exact) mass is 359 g/mol. The molecule has 0 saturated carbocycles. The van der Waals surface area contributed by atoms with Crippen molar-refractivity contribution >= 4 is 23.3 Å². The van der Waals surface area contributed by atoms with E-state index in [4.69, 9.17) is 4.74 Å². The number of carbonyl (C=O) groups excluding carboxylic acids is 3. The van der Waals surface area contributed by atoms with E-state index in [1.807, 2.05) is 25.1 Å². The molecular formula is C20H27N2O4+. The molecule has 2 atom stereocenters. The molecule has 1 fully saturated rings. The number of piperidine rings is 1. The van der Waals surface area contributed by atoms with Gasteiger partial charge in [0.15, 0.2) is 6.67 Å². The van der Waals surface area contributed by atoms with Gasteiger partial charge in [-0.25, -0.2) is 0 Å². The van der Waals surface area contributed by atoms with Crippen LogP contribution in [0.4, 0.5) is 5.69 Å². The standard InChI is InChI=1S/C20H26N2O4/c1-4-26-20(25)15-6-5-9-21(11-15)12-22-17-8-7-14(13(2)3)10-16(17)18(23)19(22)24/h7-8,10,13,15H,4-6,9,11-12H2,1-3H3/p+1/t15-/m0/s1. The van der Waals surface area contributed by atoms with E-state index >= 15 is 0 Å². The topological polar surface area (TPSA) is 68.1 Å². The number of nitrogens with zero attached hydrogens (tertiary/aromatic N) is 1. The van der Waals surface area contributed by atoms with E-state index in [-0.39, 0.29) is 11.9 Å². The van der Waals surface area contributed by atoms with E-state index in [9.17, 15) is 14.4 Å². The maximum Gasteiger partial charge on any atom is 0.314 e. The number of hydrogen-bond donors (Lipinski definition) is 1. The number of anilines is 1. The van der Waals surface area contributed by atoms with Crippen LogP contribution >= 0.6 is 0 Å². The summed E-state index contributed by atoms with van der Waals surface area (Å²) in [6, 6.07) is 5.70. The van der Waals surface area contributed by atoms with Crippen molar-refractivity contribution in [1.29, 1.82) is 0 Å². The van der Waals surface area contributed by atoms with E-state index in [1.54, 1.807) is 4.90 Å². The number of carbonyl (C=O) groups is 3. The molecule has 2 aliphatic heterocycles. The predicted molar refractivity (Wildman–Crippen MR) is 97.3 cm³/mol. The summed E-state index contributed by atoms with van der Waals surface area (Å²) in [6.45, 7) is 8.25. The van der Waals surface area contributed by atoms with Crippen LogP contribution in [0.2, 0.25) is 0 Å². The number of nitrogens with one attached hydrogen (secondary N) is 1. The Labute approximate surface area is 154 Å². The molecule has 1 unspecified atom stereocenters. The van der Waals surface area contributed by atoms with Crippen molar-refractivity contribution in [3.05, 3.63) is 29.3 Å². The molecule has 1 saturated heterocycles. The van der Waals surface area contributed by atoms with Gasteiger partial charge in [-0.2, -0.15) is 0 Å². The number of fused-ring (bicyclic) bond motifs is 1. The molecule has 0 aliphatic carbocycles. The number of ether oxygens (including phenoxy) is 1. The van der Waals surface area contributed by atoms with Crippen molar-refractivity contribution < 1.29 is 24.0 Å². The highest BCUT2D eigenvalue weighted by molar-refractivity contribution is 6.52. The lowest BCUT2D eigenvalue weighted by atomic mass is 9.98. The summed E-state index contributed by atoms with van der Waals surface area (Å²) < 4.78 is 5.14. The van der Waals surface area contributed by atoms with Gasteiger partial charge in [0.05, 0.1) is 30.9 Å². The molecule has 0 bridgehead atoms. The molecule has 26 heavy (non-hydrogen) atoms. The summed E-state index contributed by atoms with van der Waals surface area (Å²) in [5.41, 5.74) is 2.24. The van der Waals surface area contributed by atoms with E-state index in [0.29, 0.717) is 37.0 Å². The summed E-state index contributed by atoms with van der Waals surface area (Å²) in [6.07, 6.45) is 1.73. The van der Waals surface area contributed by atoms with Crippen LogP contribution in [0.5, 0.6) is 0 Å². The Bertz CT molecular complexity index is 729. The molecule has 3 rings (SSSR count). The third-order valence-corrected chi connectivity index (χ3v) is 5.28. The number of esters is 1. The van der Waals surface area contributed by atoms with Crippen LogP contribution in [0, 0.1) is 5.92 Å². The zero-order valence-electron chi connectivity index (χ0n) is 15.7. The fraction of sp³-hybridized carbons (Fsp3) is 0.550. The fourth-order valence-electron chi connectivity index (χ4n) is 3.81. The summed E-state index contributed by atoms with van der Waals surface area (Å²) in [7, 11) is 0. The van der Waals surface area contributed by atoms with Crippen LogP contribution in [0.3, 0.4) is 0 Å². The highest BCUT2D eigenvalue weighted by Crippen LogP contribution is 2.31. The highest BCUT2D eigenvalue weighted by atomic mass is 16.5. The smallest absolute Gasteiger partial charge is 0.314 e. The number of ketones is 1. The van der Waals surface area contributed by atoms with Gasteiger partial charge in [-0.15, -0.1) is 0 Å². The van der Waals surface area contributed by atoms with Crippen molar-refractivity contribution in [1.82, 2.24) is 0 Å². The molecule has 1 aromatic carbocycles.